The topological polar surface area (TPSA) is 52.6 Å². The third-order valence-corrected chi connectivity index (χ3v) is 10.2. The van der Waals surface area contributed by atoms with E-state index in [1.807, 2.05) is 24.3 Å². The predicted molar refractivity (Wildman–Crippen MR) is 115 cm³/mol. The largest absolute Gasteiger partial charge is 0.462 e. The molecule has 1 unspecified atom stereocenters. The number of esters is 1. The third kappa shape index (κ3) is 5.88. The molecule has 5 heteroatoms. The fourth-order valence-electron chi connectivity index (χ4n) is 3.09. The fraction of sp³-hybridized carbons (Fsp3) is 0.565. The number of ether oxygens (including phenoxy) is 1. The normalized spacial score (nSPS) is 17.6. The molecule has 0 amide bonds. The van der Waals surface area contributed by atoms with Crippen LogP contribution in [0.4, 0.5) is 0 Å². The highest BCUT2D eigenvalue weighted by molar-refractivity contribution is 6.74. The molecule has 0 fully saturated rings. The maximum atomic E-state index is 12.4. The average Bonchev–Trinajstić information content (AvgIpc) is 2.93. The lowest BCUT2D eigenvalue weighted by molar-refractivity contribution is -0.115. The molecule has 0 aliphatic heterocycles. The fourth-order valence-corrected chi connectivity index (χ4v) is 4.36. The Morgan fingerprint density at radius 2 is 1.93 bits per heavy atom. The molecule has 28 heavy (non-hydrogen) atoms. The number of hydrogen-bond acceptors (Lipinski definition) is 4. The molecule has 2 rings (SSSR count). The van der Waals surface area contributed by atoms with Crippen LogP contribution < -0.4 is 0 Å². The summed E-state index contributed by atoms with van der Waals surface area (Å²) in [5.74, 6) is -0.0763. The van der Waals surface area contributed by atoms with E-state index in [4.69, 9.17) is 9.16 Å². The van der Waals surface area contributed by atoms with Crippen LogP contribution in [0, 0.1) is 0 Å². The number of carbonyl (C=O) groups is 2. The van der Waals surface area contributed by atoms with Crippen molar-refractivity contribution in [3.8, 4) is 0 Å². The molecule has 1 atom stereocenters. The van der Waals surface area contributed by atoms with Crippen LogP contribution in [-0.4, -0.2) is 32.8 Å². The van der Waals surface area contributed by atoms with Crippen LogP contribution in [0.5, 0.6) is 0 Å². The third-order valence-electron chi connectivity index (χ3n) is 5.73. The number of rotatable bonds is 8. The Morgan fingerprint density at radius 1 is 1.21 bits per heavy atom. The molecule has 0 spiro atoms. The van der Waals surface area contributed by atoms with Gasteiger partial charge in [-0.05, 0) is 73.7 Å². The van der Waals surface area contributed by atoms with E-state index in [-0.39, 0.29) is 22.9 Å². The molecule has 0 radical (unpaired) electrons. The van der Waals surface area contributed by atoms with Crippen molar-refractivity contribution >= 4 is 20.1 Å². The molecule has 1 aromatic rings. The standard InChI is InChI=1S/C23H34O4Si/c1-7-26-22(25)19-13-9-11-17(14-19)10-8-12-18-15-20(16-21(18)24)27-28(5,6)23(2,3)4/h9,11,13-15,20H,7-8,10,12,16H2,1-6H3. The summed E-state index contributed by atoms with van der Waals surface area (Å²) < 4.78 is 11.4. The first kappa shape index (κ1) is 22.6. The summed E-state index contributed by atoms with van der Waals surface area (Å²) in [4.78, 5) is 24.2. The lowest BCUT2D eigenvalue weighted by Crippen LogP contribution is -2.43. The van der Waals surface area contributed by atoms with Crippen LogP contribution in [0.1, 0.15) is 62.9 Å². The summed E-state index contributed by atoms with van der Waals surface area (Å²) >= 11 is 0. The Bertz CT molecular complexity index is 743. The van der Waals surface area contributed by atoms with Gasteiger partial charge in [-0.3, -0.25) is 4.79 Å². The molecule has 0 saturated heterocycles. The van der Waals surface area contributed by atoms with Crippen molar-refractivity contribution in [3.63, 3.8) is 0 Å². The van der Waals surface area contributed by atoms with Gasteiger partial charge in [0.1, 0.15) is 0 Å². The molecule has 1 aliphatic rings. The van der Waals surface area contributed by atoms with Crippen LogP contribution in [0.2, 0.25) is 18.1 Å². The smallest absolute Gasteiger partial charge is 0.338 e. The number of hydrogen-bond donors (Lipinski definition) is 0. The van der Waals surface area contributed by atoms with Crippen molar-refractivity contribution in [2.45, 2.75) is 77.6 Å². The SMILES string of the molecule is CCOC(=O)c1cccc(CCCC2=CC(O[Si](C)(C)C(C)(C)C)CC2=O)c1. The van der Waals surface area contributed by atoms with Crippen LogP contribution in [0.3, 0.4) is 0 Å². The van der Waals surface area contributed by atoms with Gasteiger partial charge in [-0.15, -0.1) is 0 Å². The van der Waals surface area contributed by atoms with E-state index in [1.54, 1.807) is 13.0 Å². The van der Waals surface area contributed by atoms with Crippen LogP contribution in [-0.2, 0) is 20.4 Å². The van der Waals surface area contributed by atoms with Crippen molar-refractivity contribution in [3.05, 3.63) is 47.0 Å². The minimum Gasteiger partial charge on any atom is -0.462 e. The van der Waals surface area contributed by atoms with Crippen molar-refractivity contribution in [2.75, 3.05) is 6.61 Å². The maximum absolute atomic E-state index is 12.4. The monoisotopic (exact) mass is 402 g/mol. The minimum atomic E-state index is -1.88. The van der Waals surface area contributed by atoms with Crippen LogP contribution in [0.15, 0.2) is 35.9 Å². The van der Waals surface area contributed by atoms with E-state index < -0.39 is 8.32 Å². The first-order valence-electron chi connectivity index (χ1n) is 10.2. The lowest BCUT2D eigenvalue weighted by Gasteiger charge is -2.37. The van der Waals surface area contributed by atoms with Gasteiger partial charge < -0.3 is 9.16 Å². The van der Waals surface area contributed by atoms with E-state index in [9.17, 15) is 9.59 Å². The summed E-state index contributed by atoms with van der Waals surface area (Å²) in [6.45, 7) is 13.3. The van der Waals surface area contributed by atoms with E-state index in [2.05, 4.69) is 33.9 Å². The summed E-state index contributed by atoms with van der Waals surface area (Å²) in [5, 5.41) is 0.135. The van der Waals surface area contributed by atoms with Crippen LogP contribution >= 0.6 is 0 Å². The molecular formula is C23H34O4Si. The second-order valence-electron chi connectivity index (χ2n) is 9.01. The minimum absolute atomic E-state index is 0.0736. The van der Waals surface area contributed by atoms with Gasteiger partial charge in [0.15, 0.2) is 14.1 Å². The van der Waals surface area contributed by atoms with E-state index in [1.165, 1.54) is 0 Å². The van der Waals surface area contributed by atoms with E-state index >= 15 is 0 Å². The first-order chi connectivity index (χ1) is 13.0. The van der Waals surface area contributed by atoms with Crippen molar-refractivity contribution in [1.82, 2.24) is 0 Å². The summed E-state index contributed by atoms with van der Waals surface area (Å²) in [6, 6.07) is 7.54. The van der Waals surface area contributed by atoms with Gasteiger partial charge >= 0.3 is 5.97 Å². The molecule has 154 valence electrons. The zero-order valence-corrected chi connectivity index (χ0v) is 19.1. The number of allylic oxidation sites excluding steroid dienone is 1. The van der Waals surface area contributed by atoms with Gasteiger partial charge in [0.25, 0.3) is 0 Å². The highest BCUT2D eigenvalue weighted by Gasteiger charge is 2.40. The van der Waals surface area contributed by atoms with Gasteiger partial charge in [0, 0.05) is 6.42 Å². The van der Waals surface area contributed by atoms with Gasteiger partial charge in [-0.25, -0.2) is 4.79 Å². The molecule has 0 bridgehead atoms. The molecule has 1 aromatic carbocycles. The summed E-state index contributed by atoms with van der Waals surface area (Å²) in [6.07, 6.45) is 4.88. The van der Waals surface area contributed by atoms with Crippen molar-refractivity contribution < 1.29 is 18.8 Å². The zero-order valence-electron chi connectivity index (χ0n) is 18.1. The Morgan fingerprint density at radius 3 is 2.57 bits per heavy atom. The molecule has 0 aromatic heterocycles. The Kier molecular flexibility index (Phi) is 7.40. The number of benzene rings is 1. The molecule has 1 aliphatic carbocycles. The molecular weight excluding hydrogens is 368 g/mol. The average molecular weight is 403 g/mol. The summed E-state index contributed by atoms with van der Waals surface area (Å²) in [5.41, 5.74) is 2.56. The molecule has 0 N–H and O–H groups in total. The van der Waals surface area contributed by atoms with Gasteiger partial charge in [-0.1, -0.05) is 32.9 Å². The van der Waals surface area contributed by atoms with Crippen molar-refractivity contribution in [2.24, 2.45) is 0 Å². The van der Waals surface area contributed by atoms with Crippen molar-refractivity contribution in [1.29, 1.82) is 0 Å². The Balaban J connectivity index is 1.91. The first-order valence-corrected chi connectivity index (χ1v) is 13.1. The second kappa shape index (κ2) is 9.18. The highest BCUT2D eigenvalue weighted by Crippen LogP contribution is 2.39. The van der Waals surface area contributed by atoms with Crippen LogP contribution in [0.25, 0.3) is 0 Å². The Labute approximate surface area is 170 Å². The number of ketones is 1. The number of Topliss-reactive ketones (excluding diaryl/α,β-unsaturated/α-hetero) is 1. The predicted octanol–water partition coefficient (Wildman–Crippen LogP) is 5.48. The van der Waals surface area contributed by atoms with Gasteiger partial charge in [0.2, 0.25) is 0 Å². The second-order valence-corrected chi connectivity index (χ2v) is 13.8. The summed E-state index contributed by atoms with van der Waals surface area (Å²) in [7, 11) is -1.88. The zero-order chi connectivity index (χ0) is 20.9. The van der Waals surface area contributed by atoms with E-state index in [0.29, 0.717) is 18.6 Å². The van der Waals surface area contributed by atoms with E-state index in [0.717, 1.165) is 30.4 Å². The lowest BCUT2D eigenvalue weighted by atomic mass is 10.0. The highest BCUT2D eigenvalue weighted by atomic mass is 28.4. The van der Waals surface area contributed by atoms with Gasteiger partial charge in [-0.2, -0.15) is 0 Å². The molecule has 0 heterocycles. The number of aryl methyl sites for hydroxylation is 1. The molecule has 0 saturated carbocycles. The molecule has 4 nitrogen and oxygen atoms in total. The Hall–Kier alpha value is -1.72. The number of carbonyl (C=O) groups excluding carboxylic acids is 2. The quantitative estimate of drug-likeness (QED) is 0.427. The maximum Gasteiger partial charge on any atom is 0.338 e. The van der Waals surface area contributed by atoms with Gasteiger partial charge in [0.05, 0.1) is 18.3 Å².